The van der Waals surface area contributed by atoms with Crippen LogP contribution in [-0.4, -0.2) is 4.92 Å². The second kappa shape index (κ2) is 5.64. The van der Waals surface area contributed by atoms with Crippen LogP contribution >= 0.6 is 11.3 Å². The van der Waals surface area contributed by atoms with Crippen molar-refractivity contribution in [3.63, 3.8) is 0 Å². The fourth-order valence-corrected chi connectivity index (χ4v) is 2.50. The summed E-state index contributed by atoms with van der Waals surface area (Å²) >= 11 is 1.79. The zero-order valence-corrected chi connectivity index (χ0v) is 10.9. The maximum atomic E-state index is 10.5. The van der Waals surface area contributed by atoms with Gasteiger partial charge in [-0.15, -0.1) is 11.3 Å². The van der Waals surface area contributed by atoms with Gasteiger partial charge in [0, 0.05) is 34.1 Å². The zero-order valence-electron chi connectivity index (χ0n) is 10.1. The number of aryl methyl sites for hydroxylation is 1. The summed E-state index contributed by atoms with van der Waals surface area (Å²) in [4.78, 5) is 12.8. The van der Waals surface area contributed by atoms with Crippen molar-refractivity contribution in [2.24, 2.45) is 0 Å². The van der Waals surface area contributed by atoms with Crippen LogP contribution in [0.2, 0.25) is 0 Å². The highest BCUT2D eigenvalue weighted by Crippen LogP contribution is 2.20. The van der Waals surface area contributed by atoms with Crippen LogP contribution in [0.4, 0.5) is 11.4 Å². The predicted molar refractivity (Wildman–Crippen MR) is 74.1 cm³/mol. The van der Waals surface area contributed by atoms with E-state index < -0.39 is 4.92 Å². The van der Waals surface area contributed by atoms with Crippen LogP contribution in [0, 0.1) is 10.1 Å². The van der Waals surface area contributed by atoms with Crippen LogP contribution in [-0.2, 0) is 13.0 Å². The number of hydrogen-bond acceptors (Lipinski definition) is 4. The van der Waals surface area contributed by atoms with Crippen molar-refractivity contribution in [1.29, 1.82) is 0 Å². The normalized spacial score (nSPS) is 10.3. The Morgan fingerprint density at radius 1 is 1.17 bits per heavy atom. The third-order valence-electron chi connectivity index (χ3n) is 2.61. The summed E-state index contributed by atoms with van der Waals surface area (Å²) in [6, 6.07) is 10.7. The standard InChI is InChI=1S/C13H14N2O2S/c1-2-12-7-8-13(18-12)9-14-10-3-5-11(6-4-10)15(16)17/h3-8,14H,2,9H2,1H3. The zero-order chi connectivity index (χ0) is 13.0. The van der Waals surface area contributed by atoms with E-state index in [0.29, 0.717) is 0 Å². The number of non-ortho nitro benzene ring substituents is 1. The maximum Gasteiger partial charge on any atom is 0.269 e. The van der Waals surface area contributed by atoms with Crippen molar-refractivity contribution < 1.29 is 4.92 Å². The molecule has 1 heterocycles. The van der Waals surface area contributed by atoms with Crippen molar-refractivity contribution >= 4 is 22.7 Å². The summed E-state index contributed by atoms with van der Waals surface area (Å²) in [7, 11) is 0. The van der Waals surface area contributed by atoms with Crippen LogP contribution in [0.3, 0.4) is 0 Å². The van der Waals surface area contributed by atoms with E-state index in [-0.39, 0.29) is 5.69 Å². The first kappa shape index (κ1) is 12.6. The van der Waals surface area contributed by atoms with Crippen LogP contribution in [0.5, 0.6) is 0 Å². The van der Waals surface area contributed by atoms with Crippen LogP contribution in [0.1, 0.15) is 16.7 Å². The fraction of sp³-hybridized carbons (Fsp3) is 0.231. The Bertz CT molecular complexity index is 534. The Morgan fingerprint density at radius 3 is 2.39 bits per heavy atom. The summed E-state index contributed by atoms with van der Waals surface area (Å²) in [5.74, 6) is 0. The summed E-state index contributed by atoms with van der Waals surface area (Å²) in [5.41, 5.74) is 1.01. The lowest BCUT2D eigenvalue weighted by Gasteiger charge is -2.03. The molecule has 0 aliphatic heterocycles. The Kier molecular flexibility index (Phi) is 3.94. The van der Waals surface area contributed by atoms with Gasteiger partial charge in [0.1, 0.15) is 0 Å². The smallest absolute Gasteiger partial charge is 0.269 e. The molecule has 18 heavy (non-hydrogen) atoms. The Morgan fingerprint density at radius 2 is 1.83 bits per heavy atom. The SMILES string of the molecule is CCc1ccc(CNc2ccc([N+](=O)[O-])cc2)s1. The van der Waals surface area contributed by atoms with Gasteiger partial charge in [-0.25, -0.2) is 0 Å². The molecule has 1 N–H and O–H groups in total. The van der Waals surface area contributed by atoms with E-state index in [2.05, 4.69) is 24.4 Å². The van der Waals surface area contributed by atoms with Crippen molar-refractivity contribution in [2.45, 2.75) is 19.9 Å². The first-order valence-corrected chi connectivity index (χ1v) is 6.56. The van der Waals surface area contributed by atoms with Crippen LogP contribution in [0.15, 0.2) is 36.4 Å². The lowest BCUT2D eigenvalue weighted by Crippen LogP contribution is -1.97. The van der Waals surface area contributed by atoms with Gasteiger partial charge in [0.15, 0.2) is 0 Å². The van der Waals surface area contributed by atoms with Crippen molar-refractivity contribution in [2.75, 3.05) is 5.32 Å². The maximum absolute atomic E-state index is 10.5. The van der Waals surface area contributed by atoms with Crippen LogP contribution in [0.25, 0.3) is 0 Å². The van der Waals surface area contributed by atoms with Gasteiger partial charge in [-0.1, -0.05) is 6.92 Å². The van der Waals surface area contributed by atoms with E-state index >= 15 is 0 Å². The van der Waals surface area contributed by atoms with E-state index in [1.807, 2.05) is 0 Å². The van der Waals surface area contributed by atoms with Gasteiger partial charge in [-0.2, -0.15) is 0 Å². The fourth-order valence-electron chi connectivity index (χ4n) is 1.60. The number of rotatable bonds is 5. The average molecular weight is 262 g/mol. The average Bonchev–Trinajstić information content (AvgIpc) is 2.85. The number of hydrogen-bond donors (Lipinski definition) is 1. The Hall–Kier alpha value is -1.88. The van der Waals surface area contributed by atoms with Crippen molar-refractivity contribution in [3.8, 4) is 0 Å². The van der Waals surface area contributed by atoms with Crippen molar-refractivity contribution in [3.05, 3.63) is 56.3 Å². The minimum atomic E-state index is -0.392. The molecule has 2 rings (SSSR count). The quantitative estimate of drug-likeness (QED) is 0.658. The molecule has 5 heteroatoms. The minimum Gasteiger partial charge on any atom is -0.380 e. The molecule has 94 valence electrons. The molecule has 0 bridgehead atoms. The molecule has 0 aliphatic carbocycles. The second-order valence-electron chi connectivity index (χ2n) is 3.88. The third kappa shape index (κ3) is 3.07. The van der Waals surface area contributed by atoms with Gasteiger partial charge in [0.05, 0.1) is 4.92 Å². The number of benzene rings is 1. The highest BCUT2D eigenvalue weighted by molar-refractivity contribution is 7.12. The minimum absolute atomic E-state index is 0.116. The molecule has 2 aromatic rings. The first-order valence-electron chi connectivity index (χ1n) is 5.75. The number of nitrogens with one attached hydrogen (secondary N) is 1. The topological polar surface area (TPSA) is 55.2 Å². The van der Waals surface area contributed by atoms with Gasteiger partial charge in [-0.3, -0.25) is 10.1 Å². The van der Waals surface area contributed by atoms with E-state index in [1.54, 1.807) is 23.5 Å². The highest BCUT2D eigenvalue weighted by Gasteiger charge is 2.04. The lowest BCUT2D eigenvalue weighted by molar-refractivity contribution is -0.384. The molecule has 0 unspecified atom stereocenters. The second-order valence-corrected chi connectivity index (χ2v) is 5.13. The molecule has 0 radical (unpaired) electrons. The van der Waals surface area contributed by atoms with Gasteiger partial charge >= 0.3 is 0 Å². The monoisotopic (exact) mass is 262 g/mol. The third-order valence-corrected chi connectivity index (χ3v) is 3.84. The van der Waals surface area contributed by atoms with E-state index in [0.717, 1.165) is 18.7 Å². The molecule has 0 fully saturated rings. The molecule has 1 aromatic heterocycles. The largest absolute Gasteiger partial charge is 0.380 e. The predicted octanol–water partition coefficient (Wildman–Crippen LogP) is 3.83. The molecule has 0 amide bonds. The van der Waals surface area contributed by atoms with E-state index in [4.69, 9.17) is 0 Å². The molecule has 4 nitrogen and oxygen atoms in total. The lowest BCUT2D eigenvalue weighted by atomic mass is 10.3. The molecule has 0 atom stereocenters. The molecular weight excluding hydrogens is 248 g/mol. The van der Waals surface area contributed by atoms with E-state index in [9.17, 15) is 10.1 Å². The van der Waals surface area contributed by atoms with Gasteiger partial charge in [0.2, 0.25) is 0 Å². The summed E-state index contributed by atoms with van der Waals surface area (Å²) in [6.07, 6.45) is 1.06. The van der Waals surface area contributed by atoms with Gasteiger partial charge in [0.25, 0.3) is 5.69 Å². The Balaban J connectivity index is 1.95. The first-order chi connectivity index (χ1) is 8.69. The van der Waals surface area contributed by atoms with E-state index in [1.165, 1.54) is 21.9 Å². The summed E-state index contributed by atoms with van der Waals surface area (Å²) < 4.78 is 0. The Labute approximate surface area is 109 Å². The molecule has 0 saturated carbocycles. The number of anilines is 1. The summed E-state index contributed by atoms with van der Waals surface area (Å²) in [6.45, 7) is 2.89. The molecule has 0 spiro atoms. The molecule has 0 aliphatic rings. The number of nitro benzene ring substituents is 1. The highest BCUT2D eigenvalue weighted by atomic mass is 32.1. The molecular formula is C13H14N2O2S. The van der Waals surface area contributed by atoms with Crippen molar-refractivity contribution in [1.82, 2.24) is 0 Å². The molecule has 1 aromatic carbocycles. The summed E-state index contributed by atoms with van der Waals surface area (Å²) in [5, 5.41) is 13.8. The number of nitrogens with zero attached hydrogens (tertiary/aromatic N) is 1. The molecule has 0 saturated heterocycles. The van der Waals surface area contributed by atoms with Gasteiger partial charge in [-0.05, 0) is 30.7 Å². The van der Waals surface area contributed by atoms with Gasteiger partial charge < -0.3 is 5.32 Å². The number of thiophene rings is 1. The van der Waals surface area contributed by atoms with Crippen LogP contribution < -0.4 is 5.32 Å². The number of nitro groups is 1.